The smallest absolute Gasteiger partial charge is 0.188 e. The minimum absolute atomic E-state index is 0.326. The maximum Gasteiger partial charge on any atom is 0.188 e. The first-order chi connectivity index (χ1) is 8.74. The molecular formula is C12H17ClN4S. The number of piperidine rings is 1. The number of nitrogens with zero attached hydrogens (tertiary/aromatic N) is 3. The van der Waals surface area contributed by atoms with Gasteiger partial charge in [-0.3, -0.25) is 0 Å². The molecule has 6 heteroatoms. The van der Waals surface area contributed by atoms with E-state index in [1.807, 2.05) is 0 Å². The minimum Gasteiger partial charge on any atom is -0.347 e. The van der Waals surface area contributed by atoms with Crippen molar-refractivity contribution >= 4 is 28.1 Å². The van der Waals surface area contributed by atoms with Crippen molar-refractivity contribution in [2.24, 2.45) is 0 Å². The number of hydrogen-bond acceptors (Lipinski definition) is 5. The third-order valence-corrected chi connectivity index (χ3v) is 4.59. The van der Waals surface area contributed by atoms with Gasteiger partial charge in [0, 0.05) is 19.1 Å². The van der Waals surface area contributed by atoms with Crippen molar-refractivity contribution in [1.82, 2.24) is 10.3 Å². The van der Waals surface area contributed by atoms with Gasteiger partial charge in [0.1, 0.15) is 10.9 Å². The van der Waals surface area contributed by atoms with Gasteiger partial charge in [-0.05, 0) is 26.3 Å². The first-order valence-electron chi connectivity index (χ1n) is 6.29. The van der Waals surface area contributed by atoms with Gasteiger partial charge >= 0.3 is 0 Å². The van der Waals surface area contributed by atoms with E-state index in [4.69, 9.17) is 16.9 Å². The number of nitrogens with one attached hydrogen (secondary N) is 1. The van der Waals surface area contributed by atoms with Gasteiger partial charge in [-0.1, -0.05) is 29.4 Å². The molecule has 1 atom stereocenters. The molecule has 4 nitrogen and oxygen atoms in total. The summed E-state index contributed by atoms with van der Waals surface area (Å²) in [6.45, 7) is 5.02. The normalized spacial score (nSPS) is 19.5. The average molecular weight is 285 g/mol. The number of likely N-dealkylation sites (N-methyl/N-ethyl adjacent to an activating group) is 1. The van der Waals surface area contributed by atoms with Gasteiger partial charge in [0.2, 0.25) is 0 Å². The number of halogens is 1. The third-order valence-electron chi connectivity index (χ3n) is 3.18. The quantitative estimate of drug-likeness (QED) is 0.923. The molecule has 0 aliphatic carbocycles. The Morgan fingerprint density at radius 3 is 3.00 bits per heavy atom. The van der Waals surface area contributed by atoms with Crippen LogP contribution in [0.25, 0.3) is 0 Å². The number of anilines is 1. The molecule has 1 aliphatic rings. The predicted molar refractivity (Wildman–Crippen MR) is 75.4 cm³/mol. The summed E-state index contributed by atoms with van der Waals surface area (Å²) in [4.78, 5) is 6.97. The molecule has 0 bridgehead atoms. The summed E-state index contributed by atoms with van der Waals surface area (Å²) in [6, 6.07) is 2.60. The van der Waals surface area contributed by atoms with Crippen LogP contribution in [0.2, 0.25) is 5.15 Å². The van der Waals surface area contributed by atoms with Crippen LogP contribution in [0.3, 0.4) is 0 Å². The van der Waals surface area contributed by atoms with Crippen LogP contribution < -0.4 is 10.2 Å². The Labute approximate surface area is 117 Å². The van der Waals surface area contributed by atoms with Crippen LogP contribution in [-0.4, -0.2) is 30.7 Å². The molecule has 0 aromatic carbocycles. The lowest BCUT2D eigenvalue weighted by atomic mass is 10.0. The van der Waals surface area contributed by atoms with Gasteiger partial charge in [-0.15, -0.1) is 0 Å². The summed E-state index contributed by atoms with van der Waals surface area (Å²) < 4.78 is 0. The van der Waals surface area contributed by atoms with E-state index < -0.39 is 0 Å². The van der Waals surface area contributed by atoms with E-state index in [0.717, 1.165) is 24.8 Å². The fourth-order valence-electron chi connectivity index (χ4n) is 2.18. The van der Waals surface area contributed by atoms with Crippen LogP contribution in [0.15, 0.2) is 0 Å². The van der Waals surface area contributed by atoms with Gasteiger partial charge in [0.15, 0.2) is 10.3 Å². The SMILES string of the molecule is CCN(CC1CCCCN1)c1nc(Cl)c(C#N)s1. The molecule has 2 rings (SSSR count). The van der Waals surface area contributed by atoms with Crippen molar-refractivity contribution in [3.8, 4) is 6.07 Å². The molecule has 0 amide bonds. The van der Waals surface area contributed by atoms with E-state index in [1.165, 1.54) is 30.6 Å². The highest BCUT2D eigenvalue weighted by Gasteiger charge is 2.19. The summed E-state index contributed by atoms with van der Waals surface area (Å²) >= 11 is 7.30. The highest BCUT2D eigenvalue weighted by molar-refractivity contribution is 7.16. The van der Waals surface area contributed by atoms with Gasteiger partial charge in [-0.2, -0.15) is 5.26 Å². The van der Waals surface area contributed by atoms with Gasteiger partial charge < -0.3 is 10.2 Å². The lowest BCUT2D eigenvalue weighted by molar-refractivity contribution is 0.400. The Balaban J connectivity index is 2.05. The molecule has 1 aliphatic heterocycles. The second-order valence-electron chi connectivity index (χ2n) is 4.41. The number of aromatic nitrogens is 1. The molecule has 0 radical (unpaired) electrons. The molecule has 1 fully saturated rings. The Bertz CT molecular complexity index is 434. The van der Waals surface area contributed by atoms with Crippen molar-refractivity contribution < 1.29 is 0 Å². The molecule has 1 saturated heterocycles. The summed E-state index contributed by atoms with van der Waals surface area (Å²) in [7, 11) is 0. The van der Waals surface area contributed by atoms with Crippen molar-refractivity contribution in [2.75, 3.05) is 24.5 Å². The van der Waals surface area contributed by atoms with Gasteiger partial charge in [0.05, 0.1) is 0 Å². The van der Waals surface area contributed by atoms with Crippen LogP contribution >= 0.6 is 22.9 Å². The van der Waals surface area contributed by atoms with Gasteiger partial charge in [-0.25, -0.2) is 4.98 Å². The predicted octanol–water partition coefficient (Wildman–Crippen LogP) is 2.64. The highest BCUT2D eigenvalue weighted by Crippen LogP contribution is 2.29. The van der Waals surface area contributed by atoms with Crippen LogP contribution in [0.1, 0.15) is 31.1 Å². The standard InChI is InChI=1S/C12H17ClN4S/c1-2-17(8-9-5-3-4-6-15-9)12-16-11(13)10(7-14)18-12/h9,15H,2-6,8H2,1H3. The molecule has 0 spiro atoms. The zero-order valence-corrected chi connectivity index (χ0v) is 12.0. The second-order valence-corrected chi connectivity index (χ2v) is 5.75. The van der Waals surface area contributed by atoms with Crippen LogP contribution in [0.5, 0.6) is 0 Å². The number of thiazole rings is 1. The Morgan fingerprint density at radius 2 is 2.44 bits per heavy atom. The van der Waals surface area contributed by atoms with Crippen molar-refractivity contribution in [1.29, 1.82) is 5.26 Å². The number of rotatable bonds is 4. The topological polar surface area (TPSA) is 52.0 Å². The van der Waals surface area contributed by atoms with E-state index in [2.05, 4.69) is 28.2 Å². The lowest BCUT2D eigenvalue weighted by Gasteiger charge is -2.29. The van der Waals surface area contributed by atoms with Crippen LogP contribution in [0, 0.1) is 11.3 Å². The van der Waals surface area contributed by atoms with Crippen molar-refractivity contribution in [2.45, 2.75) is 32.2 Å². The summed E-state index contributed by atoms with van der Waals surface area (Å²) in [5.41, 5.74) is 0. The zero-order valence-electron chi connectivity index (χ0n) is 10.4. The van der Waals surface area contributed by atoms with E-state index in [9.17, 15) is 0 Å². The molecule has 18 heavy (non-hydrogen) atoms. The molecular weight excluding hydrogens is 268 g/mol. The molecule has 1 N–H and O–H groups in total. The van der Waals surface area contributed by atoms with Crippen molar-refractivity contribution in [3.05, 3.63) is 10.0 Å². The molecule has 2 heterocycles. The molecule has 1 aromatic rings. The molecule has 0 saturated carbocycles. The fourth-order valence-corrected chi connectivity index (χ4v) is 3.30. The molecule has 1 aromatic heterocycles. The maximum absolute atomic E-state index is 8.91. The Kier molecular flexibility index (Phi) is 4.81. The highest BCUT2D eigenvalue weighted by atomic mass is 35.5. The first kappa shape index (κ1) is 13.6. The van der Waals surface area contributed by atoms with Crippen molar-refractivity contribution in [3.63, 3.8) is 0 Å². The Morgan fingerprint density at radius 1 is 1.61 bits per heavy atom. The summed E-state index contributed by atoms with van der Waals surface area (Å²) in [6.07, 6.45) is 3.77. The van der Waals surface area contributed by atoms with Crippen LogP contribution in [0.4, 0.5) is 5.13 Å². The van der Waals surface area contributed by atoms with Crippen LogP contribution in [-0.2, 0) is 0 Å². The first-order valence-corrected chi connectivity index (χ1v) is 7.48. The summed E-state index contributed by atoms with van der Waals surface area (Å²) in [5.74, 6) is 0. The lowest BCUT2D eigenvalue weighted by Crippen LogP contribution is -2.43. The fraction of sp³-hybridized carbons (Fsp3) is 0.667. The Hall–Kier alpha value is -0.830. The molecule has 1 unspecified atom stereocenters. The minimum atomic E-state index is 0.326. The van der Waals surface area contributed by atoms with E-state index in [-0.39, 0.29) is 0 Å². The zero-order chi connectivity index (χ0) is 13.0. The second kappa shape index (κ2) is 6.37. The average Bonchev–Trinajstić information content (AvgIpc) is 2.78. The summed E-state index contributed by atoms with van der Waals surface area (Å²) in [5, 5.41) is 13.6. The third kappa shape index (κ3) is 3.14. The maximum atomic E-state index is 8.91. The number of nitriles is 1. The van der Waals surface area contributed by atoms with E-state index in [1.54, 1.807) is 0 Å². The number of hydrogen-bond donors (Lipinski definition) is 1. The largest absolute Gasteiger partial charge is 0.347 e. The van der Waals surface area contributed by atoms with E-state index >= 15 is 0 Å². The van der Waals surface area contributed by atoms with Gasteiger partial charge in [0.25, 0.3) is 0 Å². The monoisotopic (exact) mass is 284 g/mol. The molecule has 98 valence electrons. The van der Waals surface area contributed by atoms with E-state index in [0.29, 0.717) is 16.1 Å².